The summed E-state index contributed by atoms with van der Waals surface area (Å²) in [5, 5.41) is 12.3. The summed E-state index contributed by atoms with van der Waals surface area (Å²) in [5.41, 5.74) is 1.19. The van der Waals surface area contributed by atoms with Crippen molar-refractivity contribution in [2.24, 2.45) is 5.92 Å². The molecular weight excluding hydrogens is 507 g/mol. The van der Waals surface area contributed by atoms with Crippen LogP contribution in [-0.2, 0) is 20.0 Å². The van der Waals surface area contributed by atoms with Crippen molar-refractivity contribution in [1.29, 1.82) is 5.26 Å². The van der Waals surface area contributed by atoms with Crippen molar-refractivity contribution in [3.8, 4) is 17.4 Å². The first-order valence-electron chi connectivity index (χ1n) is 13.3. The Morgan fingerprint density at radius 3 is 2.42 bits per heavy atom. The van der Waals surface area contributed by atoms with Gasteiger partial charge in [-0.15, -0.1) is 0 Å². The van der Waals surface area contributed by atoms with Crippen molar-refractivity contribution in [2.45, 2.75) is 75.9 Å². The molecule has 2 heterocycles. The number of rotatable bonds is 5. The molecule has 204 valence electrons. The number of nitrogens with zero attached hydrogens (tertiary/aromatic N) is 3. The Morgan fingerprint density at radius 1 is 1.18 bits per heavy atom. The van der Waals surface area contributed by atoms with Crippen molar-refractivity contribution in [1.82, 2.24) is 10.3 Å². The lowest BCUT2D eigenvalue weighted by Crippen LogP contribution is -2.44. The first-order valence-corrected chi connectivity index (χ1v) is 15.2. The molecule has 1 saturated heterocycles. The van der Waals surface area contributed by atoms with E-state index >= 15 is 0 Å². The van der Waals surface area contributed by atoms with Gasteiger partial charge in [-0.3, -0.25) is 4.79 Å². The average molecular weight is 543 g/mol. The van der Waals surface area contributed by atoms with E-state index in [-0.39, 0.29) is 35.2 Å². The lowest BCUT2D eigenvalue weighted by atomic mass is 9.75. The van der Waals surface area contributed by atoms with E-state index in [1.54, 1.807) is 0 Å². The summed E-state index contributed by atoms with van der Waals surface area (Å²) in [6.45, 7) is 6.93. The second-order valence-corrected chi connectivity index (χ2v) is 14.3. The van der Waals surface area contributed by atoms with Crippen molar-refractivity contribution < 1.29 is 22.0 Å². The second kappa shape index (κ2) is 9.67. The number of benzene rings is 1. The standard InChI is InChI=1S/C28H35FN4O4S/c1-27(2,3)26-31-23(21-9-6-19(29)16-22(21)25(34)32-28(17-30)10-11-28)24(37-26)18-4-7-20(8-5-18)33-12-14-38(35,36)15-13-33/h4-5,7-8,19,21-22H,6,9-16H2,1-3H3,(H,32,34)/t19-,21+,22+/m0/s1. The summed E-state index contributed by atoms with van der Waals surface area (Å²) in [6, 6.07) is 9.94. The monoisotopic (exact) mass is 542 g/mol. The van der Waals surface area contributed by atoms with Crippen molar-refractivity contribution in [3.05, 3.63) is 35.9 Å². The highest BCUT2D eigenvalue weighted by atomic mass is 32.2. The Kier molecular flexibility index (Phi) is 6.79. The van der Waals surface area contributed by atoms with Gasteiger partial charge in [0.1, 0.15) is 11.7 Å². The molecule has 0 unspecified atom stereocenters. The molecule has 1 aromatic heterocycles. The van der Waals surface area contributed by atoms with Gasteiger partial charge >= 0.3 is 0 Å². The van der Waals surface area contributed by atoms with Gasteiger partial charge in [-0.25, -0.2) is 17.8 Å². The van der Waals surface area contributed by atoms with Gasteiger partial charge in [0.15, 0.2) is 15.6 Å². The van der Waals surface area contributed by atoms with Gasteiger partial charge in [0.2, 0.25) is 11.8 Å². The maximum absolute atomic E-state index is 14.6. The zero-order chi connectivity index (χ0) is 27.3. The predicted octanol–water partition coefficient (Wildman–Crippen LogP) is 4.27. The zero-order valence-corrected chi connectivity index (χ0v) is 23.0. The molecular formula is C28H35FN4O4S. The number of nitriles is 1. The molecule has 10 heteroatoms. The Balaban J connectivity index is 1.47. The average Bonchev–Trinajstić information content (AvgIpc) is 3.49. The van der Waals surface area contributed by atoms with Crippen molar-refractivity contribution in [3.63, 3.8) is 0 Å². The molecule has 1 amide bonds. The molecule has 3 fully saturated rings. The predicted molar refractivity (Wildman–Crippen MR) is 142 cm³/mol. The van der Waals surface area contributed by atoms with Crippen LogP contribution < -0.4 is 10.2 Å². The topological polar surface area (TPSA) is 116 Å². The third-order valence-corrected chi connectivity index (χ3v) is 9.54. The van der Waals surface area contributed by atoms with E-state index in [0.717, 1.165) is 11.3 Å². The zero-order valence-electron chi connectivity index (χ0n) is 22.2. The number of hydrogen-bond acceptors (Lipinski definition) is 7. The molecule has 3 atom stereocenters. The number of carbonyl (C=O) groups is 1. The lowest BCUT2D eigenvalue weighted by Gasteiger charge is -2.32. The number of amides is 1. The highest BCUT2D eigenvalue weighted by Crippen LogP contribution is 2.45. The molecule has 2 aliphatic carbocycles. The number of aromatic nitrogens is 1. The number of halogens is 1. The van der Waals surface area contributed by atoms with Crippen molar-refractivity contribution >= 4 is 21.4 Å². The van der Waals surface area contributed by atoms with Crippen LogP contribution in [0.4, 0.5) is 10.1 Å². The van der Waals surface area contributed by atoms with Crippen LogP contribution in [0.3, 0.4) is 0 Å². The van der Waals surface area contributed by atoms with E-state index in [0.29, 0.717) is 56.1 Å². The first kappa shape index (κ1) is 26.7. The summed E-state index contributed by atoms with van der Waals surface area (Å²) in [4.78, 5) is 20.3. The van der Waals surface area contributed by atoms with E-state index < -0.39 is 27.5 Å². The minimum atomic E-state index is -2.97. The van der Waals surface area contributed by atoms with E-state index in [9.17, 15) is 22.9 Å². The maximum atomic E-state index is 14.6. The Hall–Kier alpha value is -2.93. The van der Waals surface area contributed by atoms with Crippen LogP contribution in [0.1, 0.15) is 70.4 Å². The summed E-state index contributed by atoms with van der Waals surface area (Å²) in [6.07, 6.45) is 1.04. The van der Waals surface area contributed by atoms with Crippen LogP contribution in [0.5, 0.6) is 0 Å². The van der Waals surface area contributed by atoms with Crippen LogP contribution in [-0.4, -0.2) is 55.6 Å². The quantitative estimate of drug-likeness (QED) is 0.600. The number of alkyl halides is 1. The summed E-state index contributed by atoms with van der Waals surface area (Å²) < 4.78 is 44.5. The molecule has 2 aromatic rings. The van der Waals surface area contributed by atoms with E-state index in [1.807, 2.05) is 45.0 Å². The lowest BCUT2D eigenvalue weighted by molar-refractivity contribution is -0.128. The van der Waals surface area contributed by atoms with Gasteiger partial charge < -0.3 is 14.6 Å². The molecule has 5 rings (SSSR count). The minimum Gasteiger partial charge on any atom is -0.440 e. The Morgan fingerprint density at radius 2 is 1.84 bits per heavy atom. The molecule has 0 radical (unpaired) electrons. The van der Waals surface area contributed by atoms with Crippen LogP contribution in [0.2, 0.25) is 0 Å². The number of anilines is 1. The highest BCUT2D eigenvalue weighted by Gasteiger charge is 2.48. The molecule has 0 bridgehead atoms. The second-order valence-electron chi connectivity index (χ2n) is 12.0. The van der Waals surface area contributed by atoms with Gasteiger partial charge in [-0.05, 0) is 56.4 Å². The largest absolute Gasteiger partial charge is 0.440 e. The fourth-order valence-corrected chi connectivity index (χ4v) is 6.56. The third-order valence-electron chi connectivity index (χ3n) is 7.93. The van der Waals surface area contributed by atoms with E-state index in [1.165, 1.54) is 0 Å². The van der Waals surface area contributed by atoms with Gasteiger partial charge in [0, 0.05) is 41.6 Å². The van der Waals surface area contributed by atoms with Gasteiger partial charge in [0.25, 0.3) is 0 Å². The number of carbonyl (C=O) groups excluding carboxylic acids is 1. The summed E-state index contributed by atoms with van der Waals surface area (Å²) in [5.74, 6) is 0.134. The molecule has 1 N–H and O–H groups in total. The molecule has 3 aliphatic rings. The normalized spacial score (nSPS) is 26.4. The van der Waals surface area contributed by atoms with E-state index in [2.05, 4.69) is 16.3 Å². The van der Waals surface area contributed by atoms with Crippen LogP contribution >= 0.6 is 0 Å². The number of hydrogen-bond donors (Lipinski definition) is 1. The summed E-state index contributed by atoms with van der Waals surface area (Å²) >= 11 is 0. The molecule has 38 heavy (non-hydrogen) atoms. The van der Waals surface area contributed by atoms with E-state index in [4.69, 9.17) is 9.40 Å². The third kappa shape index (κ3) is 5.44. The highest BCUT2D eigenvalue weighted by molar-refractivity contribution is 7.91. The Labute approximate surface area is 223 Å². The SMILES string of the molecule is CC(C)(C)c1nc([C@@H]2CC[C@H](F)C[C@H]2C(=O)NC2(C#N)CC2)c(-c2ccc(N3CCS(=O)(=O)CC3)cc2)o1. The number of oxazole rings is 1. The first-order chi connectivity index (χ1) is 17.9. The smallest absolute Gasteiger partial charge is 0.225 e. The summed E-state index contributed by atoms with van der Waals surface area (Å²) in [7, 11) is -2.97. The molecule has 1 aliphatic heterocycles. The number of nitrogens with one attached hydrogen (secondary N) is 1. The molecule has 0 spiro atoms. The Bertz CT molecular complexity index is 1340. The molecule has 8 nitrogen and oxygen atoms in total. The molecule has 2 saturated carbocycles. The number of sulfone groups is 1. The van der Waals surface area contributed by atoms with Crippen LogP contribution in [0.15, 0.2) is 28.7 Å². The van der Waals surface area contributed by atoms with Gasteiger partial charge in [-0.1, -0.05) is 20.8 Å². The fraction of sp³-hybridized carbons (Fsp3) is 0.607. The van der Waals surface area contributed by atoms with Crippen LogP contribution in [0, 0.1) is 17.2 Å². The fourth-order valence-electron chi connectivity index (χ4n) is 5.36. The van der Waals surface area contributed by atoms with Crippen molar-refractivity contribution in [2.75, 3.05) is 29.5 Å². The molecule has 1 aromatic carbocycles. The van der Waals surface area contributed by atoms with Gasteiger partial charge in [0.05, 0.1) is 23.3 Å². The maximum Gasteiger partial charge on any atom is 0.225 e. The minimum absolute atomic E-state index is 0.0893. The van der Waals surface area contributed by atoms with Gasteiger partial charge in [-0.2, -0.15) is 5.26 Å². The van der Waals surface area contributed by atoms with Crippen LogP contribution in [0.25, 0.3) is 11.3 Å².